The van der Waals surface area contributed by atoms with Crippen LogP contribution in [-0.2, 0) is 0 Å². The Morgan fingerprint density at radius 2 is 1.82 bits per heavy atom. The fraction of sp³-hybridized carbons (Fsp3) is 1.00. The summed E-state index contributed by atoms with van der Waals surface area (Å²) in [5.74, 6) is 0. The predicted molar refractivity (Wildman–Crippen MR) is 40.0 cm³/mol. The van der Waals surface area contributed by atoms with Crippen LogP contribution in [0.2, 0.25) is 0 Å². The van der Waals surface area contributed by atoms with E-state index >= 15 is 0 Å². The van der Waals surface area contributed by atoms with E-state index in [2.05, 4.69) is 0 Å². The number of hydrogen-bond donors (Lipinski definition) is 4. The molecule has 0 aliphatic rings. The highest BCUT2D eigenvalue weighted by Crippen LogP contribution is 2.24. The number of rotatable bonds is 5. The molecule has 0 aliphatic carbocycles. The zero-order valence-electron chi connectivity index (χ0n) is 6.69. The van der Waals surface area contributed by atoms with Crippen molar-refractivity contribution >= 4 is 0 Å². The fourth-order valence-electron chi connectivity index (χ4n) is 0.827. The van der Waals surface area contributed by atoms with E-state index in [1.165, 1.54) is 0 Å². The third-order valence-corrected chi connectivity index (χ3v) is 2.02. The summed E-state index contributed by atoms with van der Waals surface area (Å²) >= 11 is 0. The minimum Gasteiger partial charge on any atom is -0.396 e. The van der Waals surface area contributed by atoms with Crippen LogP contribution in [0.15, 0.2) is 0 Å². The van der Waals surface area contributed by atoms with Gasteiger partial charge in [0.05, 0.1) is 19.3 Å². The molecule has 4 N–H and O–H groups in total. The molecule has 0 saturated heterocycles. The van der Waals surface area contributed by atoms with Crippen molar-refractivity contribution in [1.29, 1.82) is 0 Å². The lowest BCUT2D eigenvalue weighted by atomic mass is 9.82. The topological polar surface area (TPSA) is 80.9 Å². The molecular weight excluding hydrogens is 148 g/mol. The first-order valence-electron chi connectivity index (χ1n) is 3.61. The SMILES string of the molecule is CC(CO)(CCO)C(O)CO. The van der Waals surface area contributed by atoms with Crippen molar-refractivity contribution in [3.05, 3.63) is 0 Å². The zero-order valence-corrected chi connectivity index (χ0v) is 6.69. The van der Waals surface area contributed by atoms with E-state index in [9.17, 15) is 5.11 Å². The van der Waals surface area contributed by atoms with Gasteiger partial charge in [-0.2, -0.15) is 0 Å². The summed E-state index contributed by atoms with van der Waals surface area (Å²) in [7, 11) is 0. The zero-order chi connectivity index (χ0) is 8.91. The average molecular weight is 164 g/mol. The highest BCUT2D eigenvalue weighted by Gasteiger charge is 2.31. The summed E-state index contributed by atoms with van der Waals surface area (Å²) < 4.78 is 0. The summed E-state index contributed by atoms with van der Waals surface area (Å²) in [5, 5.41) is 35.2. The summed E-state index contributed by atoms with van der Waals surface area (Å²) in [5.41, 5.74) is -0.788. The molecule has 0 saturated carbocycles. The molecule has 68 valence electrons. The van der Waals surface area contributed by atoms with Crippen molar-refractivity contribution in [3.63, 3.8) is 0 Å². The molecular formula is C7H16O4. The quantitative estimate of drug-likeness (QED) is 0.408. The largest absolute Gasteiger partial charge is 0.396 e. The molecule has 0 aromatic rings. The first-order chi connectivity index (χ1) is 5.10. The van der Waals surface area contributed by atoms with E-state index in [4.69, 9.17) is 15.3 Å². The van der Waals surface area contributed by atoms with Gasteiger partial charge in [0.15, 0.2) is 0 Å². The molecule has 0 radical (unpaired) electrons. The molecule has 0 fully saturated rings. The Kier molecular flexibility index (Phi) is 4.60. The summed E-state index contributed by atoms with van der Waals surface area (Å²) in [6.45, 7) is 0.880. The molecule has 4 heteroatoms. The Hall–Kier alpha value is -0.160. The van der Waals surface area contributed by atoms with Crippen molar-refractivity contribution in [1.82, 2.24) is 0 Å². The fourth-order valence-corrected chi connectivity index (χ4v) is 0.827. The van der Waals surface area contributed by atoms with Gasteiger partial charge in [-0.25, -0.2) is 0 Å². The van der Waals surface area contributed by atoms with Crippen LogP contribution in [0.3, 0.4) is 0 Å². The van der Waals surface area contributed by atoms with E-state index in [0.29, 0.717) is 0 Å². The van der Waals surface area contributed by atoms with Crippen LogP contribution in [0.5, 0.6) is 0 Å². The van der Waals surface area contributed by atoms with Crippen molar-refractivity contribution in [3.8, 4) is 0 Å². The normalized spacial score (nSPS) is 19.4. The van der Waals surface area contributed by atoms with E-state index in [1.54, 1.807) is 6.92 Å². The third kappa shape index (κ3) is 2.75. The first kappa shape index (κ1) is 10.8. The summed E-state index contributed by atoms with van der Waals surface area (Å²) in [6, 6.07) is 0. The van der Waals surface area contributed by atoms with E-state index in [0.717, 1.165) is 0 Å². The highest BCUT2D eigenvalue weighted by atomic mass is 16.3. The molecule has 2 unspecified atom stereocenters. The third-order valence-electron chi connectivity index (χ3n) is 2.02. The molecule has 0 spiro atoms. The first-order valence-corrected chi connectivity index (χ1v) is 3.61. The number of hydrogen-bond acceptors (Lipinski definition) is 4. The van der Waals surface area contributed by atoms with Crippen LogP contribution in [0.4, 0.5) is 0 Å². The minimum absolute atomic E-state index is 0.103. The molecule has 0 heterocycles. The monoisotopic (exact) mass is 164 g/mol. The Morgan fingerprint density at radius 1 is 1.27 bits per heavy atom. The molecule has 0 aliphatic heterocycles. The van der Waals surface area contributed by atoms with Crippen molar-refractivity contribution in [2.24, 2.45) is 5.41 Å². The standard InChI is InChI=1S/C7H16O4/c1-7(5-10,2-3-8)6(11)4-9/h6,8-11H,2-5H2,1H3. The lowest BCUT2D eigenvalue weighted by molar-refractivity contribution is -0.0476. The predicted octanol–water partition coefficient (Wildman–Crippen LogP) is -1.28. The van der Waals surface area contributed by atoms with Gasteiger partial charge < -0.3 is 20.4 Å². The lowest BCUT2D eigenvalue weighted by Crippen LogP contribution is -2.39. The summed E-state index contributed by atoms with van der Waals surface area (Å²) in [6.07, 6.45) is -0.690. The van der Waals surface area contributed by atoms with Gasteiger partial charge >= 0.3 is 0 Å². The molecule has 0 bridgehead atoms. The lowest BCUT2D eigenvalue weighted by Gasteiger charge is -2.30. The molecule has 0 rings (SSSR count). The Morgan fingerprint density at radius 3 is 2.09 bits per heavy atom. The molecule has 4 nitrogen and oxygen atoms in total. The molecule has 0 amide bonds. The van der Waals surface area contributed by atoms with Crippen LogP contribution < -0.4 is 0 Å². The second-order valence-corrected chi connectivity index (χ2v) is 2.98. The number of aliphatic hydroxyl groups excluding tert-OH is 4. The van der Waals surface area contributed by atoms with E-state index < -0.39 is 18.1 Å². The summed E-state index contributed by atoms with van der Waals surface area (Å²) in [4.78, 5) is 0. The van der Waals surface area contributed by atoms with Crippen LogP contribution >= 0.6 is 0 Å². The smallest absolute Gasteiger partial charge is 0.0847 e. The van der Waals surface area contributed by atoms with Crippen molar-refractivity contribution in [2.45, 2.75) is 19.4 Å². The highest BCUT2D eigenvalue weighted by molar-refractivity contribution is 4.80. The van der Waals surface area contributed by atoms with Gasteiger partial charge in [0.1, 0.15) is 0 Å². The van der Waals surface area contributed by atoms with Crippen molar-refractivity contribution in [2.75, 3.05) is 19.8 Å². The van der Waals surface area contributed by atoms with Crippen LogP contribution in [0.25, 0.3) is 0 Å². The van der Waals surface area contributed by atoms with E-state index in [-0.39, 0.29) is 19.6 Å². The Balaban J connectivity index is 4.07. The maximum Gasteiger partial charge on any atom is 0.0847 e. The van der Waals surface area contributed by atoms with Crippen LogP contribution in [0.1, 0.15) is 13.3 Å². The van der Waals surface area contributed by atoms with Crippen LogP contribution in [0, 0.1) is 5.41 Å². The molecule has 11 heavy (non-hydrogen) atoms. The molecule has 2 atom stereocenters. The maximum absolute atomic E-state index is 9.19. The molecule has 0 aromatic heterocycles. The molecule has 0 aromatic carbocycles. The van der Waals surface area contributed by atoms with Gasteiger partial charge in [-0.15, -0.1) is 0 Å². The second kappa shape index (κ2) is 4.66. The van der Waals surface area contributed by atoms with Crippen molar-refractivity contribution < 1.29 is 20.4 Å². The van der Waals surface area contributed by atoms with Gasteiger partial charge in [0.2, 0.25) is 0 Å². The second-order valence-electron chi connectivity index (χ2n) is 2.98. The van der Waals surface area contributed by atoms with E-state index in [1.807, 2.05) is 0 Å². The Bertz CT molecular complexity index is 107. The van der Waals surface area contributed by atoms with Gasteiger partial charge in [-0.05, 0) is 6.42 Å². The maximum atomic E-state index is 9.19. The van der Waals surface area contributed by atoms with Crippen LogP contribution in [-0.4, -0.2) is 46.4 Å². The van der Waals surface area contributed by atoms with Gasteiger partial charge in [0, 0.05) is 12.0 Å². The number of aliphatic hydroxyl groups is 4. The van der Waals surface area contributed by atoms with Gasteiger partial charge in [0.25, 0.3) is 0 Å². The van der Waals surface area contributed by atoms with Gasteiger partial charge in [-0.3, -0.25) is 0 Å². The minimum atomic E-state index is -0.973. The average Bonchev–Trinajstić information content (AvgIpc) is 2.03. The Labute approximate surface area is 66.1 Å². The van der Waals surface area contributed by atoms with Gasteiger partial charge in [-0.1, -0.05) is 6.92 Å².